The molecule has 3 heteroatoms. The zero-order valence-corrected chi connectivity index (χ0v) is 10.2. The van der Waals surface area contributed by atoms with Crippen molar-refractivity contribution in [1.82, 2.24) is 0 Å². The molecule has 0 atom stereocenters. The van der Waals surface area contributed by atoms with Gasteiger partial charge in [0, 0.05) is 5.57 Å². The highest BCUT2D eigenvalue weighted by Gasteiger charge is 2.00. The van der Waals surface area contributed by atoms with Gasteiger partial charge in [-0.2, -0.15) is 0 Å². The second-order valence-corrected chi connectivity index (χ2v) is 3.74. The standard InChI is InChI=1S/C14H12O2.ClH/c1-10(14(15)16)8-11-6-7-12-4-2-3-5-13(12)9-11;/h2-9H,1H3,(H,15,16);1H. The van der Waals surface area contributed by atoms with Crippen LogP contribution >= 0.6 is 12.4 Å². The fourth-order valence-electron chi connectivity index (χ4n) is 1.61. The molecular weight excluding hydrogens is 236 g/mol. The summed E-state index contributed by atoms with van der Waals surface area (Å²) in [6, 6.07) is 13.9. The number of fused-ring (bicyclic) bond motifs is 1. The Morgan fingerprint density at radius 3 is 2.41 bits per heavy atom. The van der Waals surface area contributed by atoms with Crippen LogP contribution in [0.4, 0.5) is 0 Å². The van der Waals surface area contributed by atoms with Crippen LogP contribution in [0.15, 0.2) is 48.0 Å². The highest BCUT2D eigenvalue weighted by molar-refractivity contribution is 5.92. The van der Waals surface area contributed by atoms with E-state index in [-0.39, 0.29) is 12.4 Å². The minimum atomic E-state index is -0.881. The molecule has 2 rings (SSSR count). The van der Waals surface area contributed by atoms with Crippen LogP contribution in [0.25, 0.3) is 16.8 Å². The molecule has 2 aromatic rings. The van der Waals surface area contributed by atoms with Crippen LogP contribution in [-0.2, 0) is 4.79 Å². The molecule has 0 aromatic heterocycles. The van der Waals surface area contributed by atoms with Crippen LogP contribution in [-0.4, -0.2) is 11.1 Å². The molecule has 0 saturated carbocycles. The normalized spacial score (nSPS) is 11.0. The van der Waals surface area contributed by atoms with E-state index in [1.807, 2.05) is 42.5 Å². The van der Waals surface area contributed by atoms with Crippen molar-refractivity contribution in [2.75, 3.05) is 0 Å². The predicted molar refractivity (Wildman–Crippen MR) is 72.5 cm³/mol. The Kier molecular flexibility index (Phi) is 4.30. The van der Waals surface area contributed by atoms with E-state index in [0.29, 0.717) is 5.57 Å². The molecule has 0 saturated heterocycles. The zero-order valence-electron chi connectivity index (χ0n) is 9.38. The molecule has 0 heterocycles. The molecule has 0 aliphatic rings. The van der Waals surface area contributed by atoms with Crippen LogP contribution < -0.4 is 0 Å². The predicted octanol–water partition coefficient (Wildman–Crippen LogP) is 3.75. The highest BCUT2D eigenvalue weighted by Crippen LogP contribution is 2.17. The van der Waals surface area contributed by atoms with Crippen LogP contribution in [0.3, 0.4) is 0 Å². The number of carboxylic acids is 1. The van der Waals surface area contributed by atoms with Gasteiger partial charge < -0.3 is 5.11 Å². The van der Waals surface area contributed by atoms with Crippen molar-refractivity contribution in [3.8, 4) is 0 Å². The van der Waals surface area contributed by atoms with E-state index in [9.17, 15) is 4.79 Å². The van der Waals surface area contributed by atoms with E-state index in [1.54, 1.807) is 13.0 Å². The summed E-state index contributed by atoms with van der Waals surface area (Å²) in [5, 5.41) is 11.1. The van der Waals surface area contributed by atoms with Gasteiger partial charge in [-0.05, 0) is 35.4 Å². The fraction of sp³-hybridized carbons (Fsp3) is 0.0714. The van der Waals surface area contributed by atoms with Gasteiger partial charge >= 0.3 is 5.97 Å². The van der Waals surface area contributed by atoms with E-state index in [1.165, 1.54) is 0 Å². The lowest BCUT2D eigenvalue weighted by atomic mass is 10.1. The Morgan fingerprint density at radius 2 is 1.76 bits per heavy atom. The van der Waals surface area contributed by atoms with E-state index < -0.39 is 5.97 Å². The van der Waals surface area contributed by atoms with Gasteiger partial charge in [0.25, 0.3) is 0 Å². The Morgan fingerprint density at radius 1 is 1.12 bits per heavy atom. The summed E-state index contributed by atoms with van der Waals surface area (Å²) in [7, 11) is 0. The van der Waals surface area contributed by atoms with Crippen molar-refractivity contribution in [3.63, 3.8) is 0 Å². The maximum Gasteiger partial charge on any atom is 0.331 e. The van der Waals surface area contributed by atoms with Crippen molar-refractivity contribution in [3.05, 3.63) is 53.6 Å². The number of carbonyl (C=O) groups is 1. The lowest BCUT2D eigenvalue weighted by Gasteiger charge is -2.00. The lowest BCUT2D eigenvalue weighted by Crippen LogP contribution is -1.95. The average Bonchev–Trinajstić information content (AvgIpc) is 2.28. The minimum absolute atomic E-state index is 0. The van der Waals surface area contributed by atoms with Gasteiger partial charge in [0.1, 0.15) is 0 Å². The van der Waals surface area contributed by atoms with Crippen LogP contribution in [0, 0.1) is 0 Å². The van der Waals surface area contributed by atoms with Crippen molar-refractivity contribution < 1.29 is 9.90 Å². The van der Waals surface area contributed by atoms with E-state index in [0.717, 1.165) is 16.3 Å². The Bertz CT molecular complexity index is 573. The number of rotatable bonds is 2. The molecule has 0 amide bonds. The molecule has 0 aliphatic carbocycles. The van der Waals surface area contributed by atoms with Gasteiger partial charge in [0.15, 0.2) is 0 Å². The summed E-state index contributed by atoms with van der Waals surface area (Å²) in [6.45, 7) is 1.59. The van der Waals surface area contributed by atoms with Crippen LogP contribution in [0.1, 0.15) is 12.5 Å². The summed E-state index contributed by atoms with van der Waals surface area (Å²) < 4.78 is 0. The van der Waals surface area contributed by atoms with Crippen LogP contribution in [0.2, 0.25) is 0 Å². The van der Waals surface area contributed by atoms with Crippen molar-refractivity contribution in [1.29, 1.82) is 0 Å². The maximum absolute atomic E-state index is 10.7. The second-order valence-electron chi connectivity index (χ2n) is 3.74. The molecule has 0 spiro atoms. The van der Waals surface area contributed by atoms with Crippen molar-refractivity contribution in [2.24, 2.45) is 0 Å². The number of aliphatic carboxylic acids is 1. The van der Waals surface area contributed by atoms with Gasteiger partial charge in [-0.15, -0.1) is 12.4 Å². The van der Waals surface area contributed by atoms with Gasteiger partial charge in [0.2, 0.25) is 0 Å². The number of carboxylic acid groups (broad SMARTS) is 1. The quantitative estimate of drug-likeness (QED) is 0.822. The van der Waals surface area contributed by atoms with E-state index in [2.05, 4.69) is 0 Å². The summed E-state index contributed by atoms with van der Waals surface area (Å²) in [6.07, 6.45) is 1.68. The molecule has 0 aliphatic heterocycles. The molecule has 0 radical (unpaired) electrons. The number of halogens is 1. The molecule has 88 valence electrons. The highest BCUT2D eigenvalue weighted by atomic mass is 35.5. The third-order valence-corrected chi connectivity index (χ3v) is 2.49. The monoisotopic (exact) mass is 248 g/mol. The second kappa shape index (κ2) is 5.51. The third kappa shape index (κ3) is 3.08. The molecule has 2 aromatic carbocycles. The molecular formula is C14H13ClO2. The Hall–Kier alpha value is -1.80. The van der Waals surface area contributed by atoms with Crippen molar-refractivity contribution >= 4 is 35.2 Å². The number of hydrogen-bond donors (Lipinski definition) is 1. The molecule has 0 fully saturated rings. The van der Waals surface area contributed by atoms with Crippen molar-refractivity contribution in [2.45, 2.75) is 6.92 Å². The maximum atomic E-state index is 10.7. The average molecular weight is 249 g/mol. The Labute approximate surface area is 106 Å². The molecule has 0 bridgehead atoms. The first-order valence-electron chi connectivity index (χ1n) is 5.07. The summed E-state index contributed by atoms with van der Waals surface area (Å²) in [5.74, 6) is -0.881. The van der Waals surface area contributed by atoms with Crippen LogP contribution in [0.5, 0.6) is 0 Å². The summed E-state index contributed by atoms with van der Waals surface area (Å²) >= 11 is 0. The van der Waals surface area contributed by atoms with Gasteiger partial charge in [-0.3, -0.25) is 0 Å². The van der Waals surface area contributed by atoms with E-state index >= 15 is 0 Å². The molecule has 0 unspecified atom stereocenters. The minimum Gasteiger partial charge on any atom is -0.478 e. The molecule has 2 nitrogen and oxygen atoms in total. The fourth-order valence-corrected chi connectivity index (χ4v) is 1.61. The third-order valence-electron chi connectivity index (χ3n) is 2.49. The SMILES string of the molecule is CC(=Cc1ccc2ccccc2c1)C(=O)O.Cl. The van der Waals surface area contributed by atoms with E-state index in [4.69, 9.17) is 5.11 Å². The topological polar surface area (TPSA) is 37.3 Å². The smallest absolute Gasteiger partial charge is 0.331 e. The Balaban J connectivity index is 0.00000144. The molecule has 1 N–H and O–H groups in total. The van der Waals surface area contributed by atoms with Gasteiger partial charge in [-0.25, -0.2) is 4.79 Å². The lowest BCUT2D eigenvalue weighted by molar-refractivity contribution is -0.132. The first-order valence-corrected chi connectivity index (χ1v) is 5.07. The first-order chi connectivity index (χ1) is 7.66. The summed E-state index contributed by atoms with van der Waals surface area (Å²) in [4.78, 5) is 10.7. The summed E-state index contributed by atoms with van der Waals surface area (Å²) in [5.41, 5.74) is 1.26. The number of benzene rings is 2. The largest absolute Gasteiger partial charge is 0.478 e. The molecule has 17 heavy (non-hydrogen) atoms. The first kappa shape index (κ1) is 13.3. The van der Waals surface area contributed by atoms with Gasteiger partial charge in [0.05, 0.1) is 0 Å². The number of hydrogen-bond acceptors (Lipinski definition) is 1. The van der Waals surface area contributed by atoms with Gasteiger partial charge in [-0.1, -0.05) is 36.4 Å². The zero-order chi connectivity index (χ0) is 11.5.